The molecule has 78 valence electrons. The van der Waals surface area contributed by atoms with Gasteiger partial charge in [-0.05, 0) is 17.4 Å². The summed E-state index contributed by atoms with van der Waals surface area (Å²) < 4.78 is 1.76. The van der Waals surface area contributed by atoms with Crippen LogP contribution in [-0.2, 0) is 7.05 Å². The molecule has 1 aliphatic rings. The average molecular weight is 213 g/mol. The lowest BCUT2D eigenvalue weighted by Crippen LogP contribution is -2.35. The first-order chi connectivity index (χ1) is 6.79. The molecule has 0 saturated carbocycles. The van der Waals surface area contributed by atoms with Crippen molar-refractivity contribution in [3.8, 4) is 0 Å². The second-order valence-electron chi connectivity index (χ2n) is 3.49. The molecule has 1 fully saturated rings. The highest BCUT2D eigenvalue weighted by Crippen LogP contribution is 2.20. The summed E-state index contributed by atoms with van der Waals surface area (Å²) in [6, 6.07) is 0.330. The summed E-state index contributed by atoms with van der Waals surface area (Å²) in [7, 11) is 1.89. The van der Waals surface area contributed by atoms with E-state index in [1.807, 2.05) is 18.8 Å². The Hall–Kier alpha value is -0.620. The van der Waals surface area contributed by atoms with Gasteiger partial charge in [0.15, 0.2) is 5.82 Å². The minimum absolute atomic E-state index is 0.330. The van der Waals surface area contributed by atoms with Crippen molar-refractivity contribution in [3.63, 3.8) is 0 Å². The van der Waals surface area contributed by atoms with Crippen LogP contribution in [0, 0.1) is 0 Å². The fraction of sp³-hybridized carbons (Fsp3) is 0.875. The molecule has 2 heterocycles. The van der Waals surface area contributed by atoms with Crippen LogP contribution in [0.5, 0.6) is 0 Å². The van der Waals surface area contributed by atoms with E-state index in [0.717, 1.165) is 18.9 Å². The van der Waals surface area contributed by atoms with Gasteiger partial charge in [0.1, 0.15) is 0 Å². The lowest BCUT2D eigenvalue weighted by atomic mass is 10.2. The molecule has 0 aliphatic carbocycles. The number of tetrazole rings is 1. The fourth-order valence-corrected chi connectivity index (χ4v) is 2.65. The molecule has 0 radical (unpaired) electrons. The van der Waals surface area contributed by atoms with Gasteiger partial charge in [0.25, 0.3) is 0 Å². The number of hydrogen-bond donors (Lipinski definition) is 0. The highest BCUT2D eigenvalue weighted by atomic mass is 32.2. The van der Waals surface area contributed by atoms with Crippen LogP contribution in [-0.4, -0.2) is 49.7 Å². The third-order valence-corrected chi connectivity index (χ3v) is 3.56. The van der Waals surface area contributed by atoms with E-state index in [1.54, 1.807) is 4.68 Å². The maximum Gasteiger partial charge on any atom is 0.167 e. The number of hydrogen-bond acceptors (Lipinski definition) is 5. The van der Waals surface area contributed by atoms with Crippen molar-refractivity contribution in [3.05, 3.63) is 5.82 Å². The van der Waals surface area contributed by atoms with Crippen molar-refractivity contribution < 1.29 is 0 Å². The molecule has 1 aromatic rings. The molecule has 0 N–H and O–H groups in total. The molecule has 0 unspecified atom stereocenters. The molecule has 2 rings (SSSR count). The standard InChI is InChI=1S/C8H15N5S/c1-7(8-9-10-11-12(8)2)13-3-5-14-6-4-13/h7H,3-6H2,1-2H3/t7-/m0/s1. The third kappa shape index (κ3) is 1.90. The lowest BCUT2D eigenvalue weighted by molar-refractivity contribution is 0.220. The van der Waals surface area contributed by atoms with E-state index in [2.05, 4.69) is 27.3 Å². The van der Waals surface area contributed by atoms with E-state index in [0.29, 0.717) is 6.04 Å². The smallest absolute Gasteiger partial charge is 0.167 e. The number of thioether (sulfide) groups is 1. The Balaban J connectivity index is 2.07. The zero-order chi connectivity index (χ0) is 9.97. The predicted molar refractivity (Wildman–Crippen MR) is 56.1 cm³/mol. The molecular weight excluding hydrogens is 198 g/mol. The number of rotatable bonds is 2. The number of aryl methyl sites for hydroxylation is 1. The zero-order valence-electron chi connectivity index (χ0n) is 8.55. The SMILES string of the molecule is C[C@@H](c1nnnn1C)N1CCSCC1. The van der Waals surface area contributed by atoms with Crippen molar-refractivity contribution in [2.75, 3.05) is 24.6 Å². The van der Waals surface area contributed by atoms with Gasteiger partial charge in [-0.25, -0.2) is 4.68 Å². The van der Waals surface area contributed by atoms with E-state index in [9.17, 15) is 0 Å². The van der Waals surface area contributed by atoms with Gasteiger partial charge < -0.3 is 0 Å². The number of aromatic nitrogens is 4. The van der Waals surface area contributed by atoms with Crippen LogP contribution in [0.2, 0.25) is 0 Å². The Morgan fingerprint density at radius 2 is 2.07 bits per heavy atom. The van der Waals surface area contributed by atoms with Crippen LogP contribution in [0.25, 0.3) is 0 Å². The lowest BCUT2D eigenvalue weighted by Gasteiger charge is -2.30. The van der Waals surface area contributed by atoms with E-state index in [1.165, 1.54) is 11.5 Å². The molecular formula is C8H15N5S. The highest BCUT2D eigenvalue weighted by Gasteiger charge is 2.21. The van der Waals surface area contributed by atoms with E-state index >= 15 is 0 Å². The van der Waals surface area contributed by atoms with Crippen LogP contribution < -0.4 is 0 Å². The zero-order valence-corrected chi connectivity index (χ0v) is 9.37. The predicted octanol–water partition coefficient (Wildman–Crippen LogP) is 0.320. The molecule has 1 atom stereocenters. The highest BCUT2D eigenvalue weighted by molar-refractivity contribution is 7.99. The Morgan fingerprint density at radius 1 is 1.36 bits per heavy atom. The molecule has 6 heteroatoms. The Bertz CT molecular complexity index is 294. The summed E-state index contributed by atoms with van der Waals surface area (Å²) in [5, 5.41) is 11.6. The van der Waals surface area contributed by atoms with E-state index in [-0.39, 0.29) is 0 Å². The van der Waals surface area contributed by atoms with Crippen LogP contribution in [0.15, 0.2) is 0 Å². The van der Waals surface area contributed by atoms with Crippen LogP contribution in [0.4, 0.5) is 0 Å². The van der Waals surface area contributed by atoms with Gasteiger partial charge in [0, 0.05) is 31.6 Å². The fourth-order valence-electron chi connectivity index (χ4n) is 1.72. The first kappa shape index (κ1) is 9.92. The average Bonchev–Trinajstić information content (AvgIpc) is 2.65. The minimum Gasteiger partial charge on any atom is -0.292 e. The van der Waals surface area contributed by atoms with Crippen molar-refractivity contribution in [1.82, 2.24) is 25.1 Å². The molecule has 0 amide bonds. The van der Waals surface area contributed by atoms with Gasteiger partial charge in [-0.15, -0.1) is 5.10 Å². The number of nitrogens with zero attached hydrogens (tertiary/aromatic N) is 5. The Labute approximate surface area is 87.8 Å². The topological polar surface area (TPSA) is 46.8 Å². The summed E-state index contributed by atoms with van der Waals surface area (Å²) >= 11 is 2.02. The summed E-state index contributed by atoms with van der Waals surface area (Å²) in [5.41, 5.74) is 0. The van der Waals surface area contributed by atoms with Gasteiger partial charge in [-0.3, -0.25) is 4.90 Å². The van der Waals surface area contributed by atoms with Crippen molar-refractivity contribution >= 4 is 11.8 Å². The third-order valence-electron chi connectivity index (χ3n) is 2.62. The molecule has 0 aromatic carbocycles. The largest absolute Gasteiger partial charge is 0.292 e. The second-order valence-corrected chi connectivity index (χ2v) is 4.71. The summed E-state index contributed by atoms with van der Waals surface area (Å²) in [4.78, 5) is 2.43. The van der Waals surface area contributed by atoms with Gasteiger partial charge in [0.2, 0.25) is 0 Å². The minimum atomic E-state index is 0.330. The molecule has 5 nitrogen and oxygen atoms in total. The molecule has 1 saturated heterocycles. The summed E-state index contributed by atoms with van der Waals surface area (Å²) in [6.07, 6.45) is 0. The van der Waals surface area contributed by atoms with Gasteiger partial charge in [-0.1, -0.05) is 0 Å². The molecule has 1 aromatic heterocycles. The maximum absolute atomic E-state index is 4.04. The molecule has 14 heavy (non-hydrogen) atoms. The molecule has 0 spiro atoms. The van der Waals surface area contributed by atoms with Gasteiger partial charge >= 0.3 is 0 Å². The van der Waals surface area contributed by atoms with Crippen molar-refractivity contribution in [2.24, 2.45) is 7.05 Å². The Kier molecular flexibility index (Phi) is 3.02. The van der Waals surface area contributed by atoms with E-state index in [4.69, 9.17) is 0 Å². The van der Waals surface area contributed by atoms with Crippen LogP contribution in [0.3, 0.4) is 0 Å². The monoisotopic (exact) mass is 213 g/mol. The van der Waals surface area contributed by atoms with E-state index < -0.39 is 0 Å². The quantitative estimate of drug-likeness (QED) is 0.708. The van der Waals surface area contributed by atoms with Crippen molar-refractivity contribution in [1.29, 1.82) is 0 Å². The summed E-state index contributed by atoms with van der Waals surface area (Å²) in [6.45, 7) is 4.44. The Morgan fingerprint density at radius 3 is 2.64 bits per heavy atom. The molecule has 0 bridgehead atoms. The second kappa shape index (κ2) is 4.27. The van der Waals surface area contributed by atoms with Gasteiger partial charge in [-0.2, -0.15) is 11.8 Å². The first-order valence-electron chi connectivity index (χ1n) is 4.83. The van der Waals surface area contributed by atoms with Crippen molar-refractivity contribution in [2.45, 2.75) is 13.0 Å². The summed E-state index contributed by atoms with van der Waals surface area (Å²) in [5.74, 6) is 3.39. The maximum atomic E-state index is 4.04. The molecule has 1 aliphatic heterocycles. The van der Waals surface area contributed by atoms with Crippen LogP contribution in [0.1, 0.15) is 18.8 Å². The first-order valence-corrected chi connectivity index (χ1v) is 5.98. The normalized spacial score (nSPS) is 21.0. The van der Waals surface area contributed by atoms with Gasteiger partial charge in [0.05, 0.1) is 6.04 Å². The van der Waals surface area contributed by atoms with Crippen LogP contribution >= 0.6 is 11.8 Å².